The van der Waals surface area contributed by atoms with Crippen molar-refractivity contribution in [2.24, 2.45) is 18.9 Å². The summed E-state index contributed by atoms with van der Waals surface area (Å²) in [6.07, 6.45) is 1.94. The van der Waals surface area contributed by atoms with Gasteiger partial charge in [-0.15, -0.1) is 0 Å². The lowest BCUT2D eigenvalue weighted by molar-refractivity contribution is 0.0764. The van der Waals surface area contributed by atoms with E-state index in [4.69, 9.17) is 0 Å². The maximum atomic E-state index is 12.7. The van der Waals surface area contributed by atoms with Crippen LogP contribution in [0.1, 0.15) is 21.6 Å². The van der Waals surface area contributed by atoms with Crippen LogP contribution in [-0.2, 0) is 13.6 Å². The molecule has 1 aromatic carbocycles. The van der Waals surface area contributed by atoms with Gasteiger partial charge in [-0.05, 0) is 36.5 Å². The van der Waals surface area contributed by atoms with E-state index in [0.717, 1.165) is 38.4 Å². The maximum absolute atomic E-state index is 12.7. The number of hydrogen-bond donors (Lipinski definition) is 0. The Balaban J connectivity index is 1.36. The Hall–Kier alpha value is -2.07. The first-order valence-electron chi connectivity index (χ1n) is 8.78. The van der Waals surface area contributed by atoms with Gasteiger partial charge < -0.3 is 9.47 Å². The summed E-state index contributed by atoms with van der Waals surface area (Å²) in [5.74, 6) is 1.43. The predicted molar refractivity (Wildman–Crippen MR) is 94.8 cm³/mol. The van der Waals surface area contributed by atoms with Crippen molar-refractivity contribution in [1.82, 2.24) is 14.4 Å². The summed E-state index contributed by atoms with van der Waals surface area (Å²) in [4.78, 5) is 17.3. The highest BCUT2D eigenvalue weighted by molar-refractivity contribution is 5.93. The van der Waals surface area contributed by atoms with Gasteiger partial charge in [0, 0.05) is 46.0 Å². The van der Waals surface area contributed by atoms with Crippen molar-refractivity contribution in [2.45, 2.75) is 13.5 Å². The lowest BCUT2D eigenvalue weighted by Gasteiger charge is -2.22. The van der Waals surface area contributed by atoms with E-state index in [2.05, 4.69) is 36.1 Å². The molecule has 2 fully saturated rings. The van der Waals surface area contributed by atoms with Gasteiger partial charge in [0.05, 0.1) is 0 Å². The zero-order chi connectivity index (χ0) is 16.7. The van der Waals surface area contributed by atoms with Gasteiger partial charge in [-0.3, -0.25) is 9.69 Å². The third-order valence-electron chi connectivity index (χ3n) is 5.54. The SMILES string of the molecule is Cc1ccc(CN2C[C@@H]3CN(C(=O)c4cccn4C)C[C@@H]3C2)cc1. The highest BCUT2D eigenvalue weighted by atomic mass is 16.2. The van der Waals surface area contributed by atoms with Crippen molar-refractivity contribution in [1.29, 1.82) is 0 Å². The molecule has 3 heterocycles. The number of hydrogen-bond acceptors (Lipinski definition) is 2. The Morgan fingerprint density at radius 1 is 1.04 bits per heavy atom. The standard InChI is InChI=1S/C20H25N3O/c1-15-5-7-16(8-6-15)10-22-11-17-13-23(14-18(17)12-22)20(24)19-4-3-9-21(19)2/h3-9,17-18H,10-14H2,1-2H3/t17-,18+. The van der Waals surface area contributed by atoms with Crippen molar-refractivity contribution in [3.8, 4) is 0 Å². The number of benzene rings is 1. The molecular formula is C20H25N3O. The van der Waals surface area contributed by atoms with Crippen LogP contribution in [0.5, 0.6) is 0 Å². The van der Waals surface area contributed by atoms with Gasteiger partial charge >= 0.3 is 0 Å². The fraction of sp³-hybridized carbons (Fsp3) is 0.450. The summed E-state index contributed by atoms with van der Waals surface area (Å²) in [5, 5.41) is 0. The molecule has 2 aliphatic heterocycles. The second-order valence-electron chi connectivity index (χ2n) is 7.41. The van der Waals surface area contributed by atoms with E-state index in [0.29, 0.717) is 11.8 Å². The molecule has 0 bridgehead atoms. The molecule has 24 heavy (non-hydrogen) atoms. The van der Waals surface area contributed by atoms with Crippen LogP contribution in [0.3, 0.4) is 0 Å². The summed E-state index contributed by atoms with van der Waals surface area (Å²) in [6, 6.07) is 12.7. The van der Waals surface area contributed by atoms with Crippen LogP contribution >= 0.6 is 0 Å². The van der Waals surface area contributed by atoms with E-state index in [1.54, 1.807) is 0 Å². The van der Waals surface area contributed by atoms with Crippen molar-refractivity contribution >= 4 is 5.91 Å². The zero-order valence-electron chi connectivity index (χ0n) is 14.5. The Morgan fingerprint density at radius 2 is 1.71 bits per heavy atom. The zero-order valence-corrected chi connectivity index (χ0v) is 14.5. The molecule has 1 aromatic heterocycles. The van der Waals surface area contributed by atoms with Gasteiger partial charge in [-0.2, -0.15) is 0 Å². The fourth-order valence-electron chi connectivity index (χ4n) is 4.18. The van der Waals surface area contributed by atoms with Crippen LogP contribution in [-0.4, -0.2) is 46.5 Å². The number of carbonyl (C=O) groups excluding carboxylic acids is 1. The second-order valence-corrected chi connectivity index (χ2v) is 7.41. The fourth-order valence-corrected chi connectivity index (χ4v) is 4.18. The highest BCUT2D eigenvalue weighted by Crippen LogP contribution is 2.32. The molecule has 0 saturated carbocycles. The van der Waals surface area contributed by atoms with Gasteiger partial charge in [0.1, 0.15) is 5.69 Å². The number of aryl methyl sites for hydroxylation is 2. The maximum Gasteiger partial charge on any atom is 0.270 e. The van der Waals surface area contributed by atoms with E-state index in [-0.39, 0.29) is 5.91 Å². The first-order valence-corrected chi connectivity index (χ1v) is 8.78. The van der Waals surface area contributed by atoms with E-state index in [1.807, 2.05) is 34.8 Å². The van der Waals surface area contributed by atoms with Crippen molar-refractivity contribution < 1.29 is 4.79 Å². The second kappa shape index (κ2) is 6.10. The molecule has 0 N–H and O–H groups in total. The molecule has 4 nitrogen and oxygen atoms in total. The predicted octanol–water partition coefficient (Wildman–Crippen LogP) is 2.54. The number of carbonyl (C=O) groups is 1. The molecule has 1 amide bonds. The third-order valence-corrected chi connectivity index (χ3v) is 5.54. The topological polar surface area (TPSA) is 28.5 Å². The van der Waals surface area contributed by atoms with E-state index >= 15 is 0 Å². The van der Waals surface area contributed by atoms with Crippen molar-refractivity contribution in [3.05, 3.63) is 59.4 Å². The Labute approximate surface area is 143 Å². The van der Waals surface area contributed by atoms with Gasteiger partial charge in [0.15, 0.2) is 0 Å². The molecule has 0 unspecified atom stereocenters. The highest BCUT2D eigenvalue weighted by Gasteiger charge is 2.41. The van der Waals surface area contributed by atoms with Gasteiger partial charge in [-0.25, -0.2) is 0 Å². The van der Waals surface area contributed by atoms with Crippen molar-refractivity contribution in [2.75, 3.05) is 26.2 Å². The van der Waals surface area contributed by atoms with Crippen molar-refractivity contribution in [3.63, 3.8) is 0 Å². The Bertz CT molecular complexity index is 720. The smallest absolute Gasteiger partial charge is 0.270 e. The Morgan fingerprint density at radius 3 is 2.29 bits per heavy atom. The average molecular weight is 323 g/mol. The van der Waals surface area contributed by atoms with E-state index < -0.39 is 0 Å². The molecule has 126 valence electrons. The van der Waals surface area contributed by atoms with Gasteiger partial charge in [0.2, 0.25) is 0 Å². The molecule has 2 aromatic rings. The molecule has 2 saturated heterocycles. The molecule has 4 heteroatoms. The normalized spacial score (nSPS) is 23.7. The first-order chi connectivity index (χ1) is 11.6. The minimum absolute atomic E-state index is 0.182. The van der Waals surface area contributed by atoms with E-state index in [1.165, 1.54) is 11.1 Å². The monoisotopic (exact) mass is 323 g/mol. The number of fused-ring (bicyclic) bond motifs is 1. The van der Waals surface area contributed by atoms with Gasteiger partial charge in [-0.1, -0.05) is 29.8 Å². The minimum Gasteiger partial charge on any atom is -0.347 e. The molecule has 0 aliphatic carbocycles. The Kier molecular flexibility index (Phi) is 3.93. The number of amides is 1. The number of nitrogens with zero attached hydrogens (tertiary/aromatic N) is 3. The quantitative estimate of drug-likeness (QED) is 0.868. The summed E-state index contributed by atoms with van der Waals surface area (Å²) in [5.41, 5.74) is 3.50. The third kappa shape index (κ3) is 2.86. The van der Waals surface area contributed by atoms with Crippen LogP contribution < -0.4 is 0 Å². The molecule has 2 atom stereocenters. The summed E-state index contributed by atoms with van der Waals surface area (Å²) < 4.78 is 1.92. The molecular weight excluding hydrogens is 298 g/mol. The number of aromatic nitrogens is 1. The van der Waals surface area contributed by atoms with Crippen LogP contribution in [0.15, 0.2) is 42.6 Å². The average Bonchev–Trinajstić information content (AvgIpc) is 3.23. The number of likely N-dealkylation sites (tertiary alicyclic amines) is 2. The van der Waals surface area contributed by atoms with Crippen LogP contribution in [0, 0.1) is 18.8 Å². The largest absolute Gasteiger partial charge is 0.347 e. The molecule has 0 spiro atoms. The summed E-state index contributed by atoms with van der Waals surface area (Å²) in [7, 11) is 1.94. The van der Waals surface area contributed by atoms with E-state index in [9.17, 15) is 4.79 Å². The first kappa shape index (κ1) is 15.5. The minimum atomic E-state index is 0.182. The van der Waals surface area contributed by atoms with Crippen LogP contribution in [0.25, 0.3) is 0 Å². The summed E-state index contributed by atoms with van der Waals surface area (Å²) in [6.45, 7) is 7.17. The summed E-state index contributed by atoms with van der Waals surface area (Å²) >= 11 is 0. The lowest BCUT2D eigenvalue weighted by atomic mass is 10.0. The molecule has 2 aliphatic rings. The van der Waals surface area contributed by atoms with Crippen LogP contribution in [0.2, 0.25) is 0 Å². The van der Waals surface area contributed by atoms with Gasteiger partial charge in [0.25, 0.3) is 5.91 Å². The molecule has 4 rings (SSSR count). The number of rotatable bonds is 3. The lowest BCUT2D eigenvalue weighted by Crippen LogP contribution is -2.34. The van der Waals surface area contributed by atoms with Crippen LogP contribution in [0.4, 0.5) is 0 Å². The molecule has 0 radical (unpaired) electrons.